The molecular weight excluding hydrogens is 295 g/mol. The van der Waals surface area contributed by atoms with Gasteiger partial charge in [0.15, 0.2) is 5.82 Å². The van der Waals surface area contributed by atoms with Gasteiger partial charge in [0.05, 0.1) is 5.02 Å². The maximum absolute atomic E-state index is 13.7. The lowest BCUT2D eigenvalue weighted by atomic mass is 10.3. The number of aryl methyl sites for hydroxylation is 2. The third-order valence-corrected chi connectivity index (χ3v) is 3.94. The zero-order valence-electron chi connectivity index (χ0n) is 10.1. The standard InChI is InChI=1S/C10H10ClFN4O2S/c1-6-13-10(16(2)14-6)15-19(17,18)8-5-3-4-7(11)9(8)12/h3-5H,1-2H3,(H,13,14,15). The molecule has 9 heteroatoms. The van der Waals surface area contributed by atoms with Crippen LogP contribution in [0.3, 0.4) is 0 Å². The van der Waals surface area contributed by atoms with Gasteiger partial charge in [-0.1, -0.05) is 17.7 Å². The molecule has 19 heavy (non-hydrogen) atoms. The average molecular weight is 305 g/mol. The molecule has 0 spiro atoms. The van der Waals surface area contributed by atoms with E-state index in [2.05, 4.69) is 14.8 Å². The van der Waals surface area contributed by atoms with Crippen molar-refractivity contribution < 1.29 is 12.8 Å². The summed E-state index contributed by atoms with van der Waals surface area (Å²) in [6, 6.07) is 3.73. The number of halogens is 2. The van der Waals surface area contributed by atoms with Crippen molar-refractivity contribution in [2.24, 2.45) is 7.05 Å². The van der Waals surface area contributed by atoms with E-state index in [9.17, 15) is 12.8 Å². The largest absolute Gasteiger partial charge is 0.267 e. The first kappa shape index (κ1) is 13.8. The Morgan fingerprint density at radius 2 is 2.11 bits per heavy atom. The van der Waals surface area contributed by atoms with Crippen molar-refractivity contribution >= 4 is 27.6 Å². The van der Waals surface area contributed by atoms with Gasteiger partial charge in [-0.05, 0) is 19.1 Å². The topological polar surface area (TPSA) is 76.9 Å². The quantitative estimate of drug-likeness (QED) is 0.936. The number of anilines is 1. The van der Waals surface area contributed by atoms with Gasteiger partial charge in [0.2, 0.25) is 5.95 Å². The van der Waals surface area contributed by atoms with Gasteiger partial charge >= 0.3 is 0 Å². The van der Waals surface area contributed by atoms with Gasteiger partial charge in [-0.15, -0.1) is 0 Å². The summed E-state index contributed by atoms with van der Waals surface area (Å²) in [5.74, 6) is -0.612. The van der Waals surface area contributed by atoms with E-state index in [1.807, 2.05) is 0 Å². The van der Waals surface area contributed by atoms with Crippen LogP contribution in [0.2, 0.25) is 5.02 Å². The smallest absolute Gasteiger partial charge is 0.247 e. The van der Waals surface area contributed by atoms with Gasteiger partial charge in [0, 0.05) is 7.05 Å². The Hall–Kier alpha value is -1.67. The number of nitrogens with one attached hydrogen (secondary N) is 1. The average Bonchev–Trinajstić information content (AvgIpc) is 2.60. The Balaban J connectivity index is 2.44. The van der Waals surface area contributed by atoms with E-state index >= 15 is 0 Å². The SMILES string of the molecule is Cc1nc(NS(=O)(=O)c2cccc(Cl)c2F)n(C)n1. The lowest BCUT2D eigenvalue weighted by Crippen LogP contribution is -2.17. The van der Waals surface area contributed by atoms with E-state index in [-0.39, 0.29) is 11.0 Å². The predicted octanol–water partition coefficient (Wildman–Crippen LogP) is 1.72. The summed E-state index contributed by atoms with van der Waals surface area (Å²) in [7, 11) is -2.59. The van der Waals surface area contributed by atoms with Crippen molar-refractivity contribution in [2.45, 2.75) is 11.8 Å². The summed E-state index contributed by atoms with van der Waals surface area (Å²) in [5, 5.41) is 3.62. The molecular formula is C10H10ClFN4O2S. The Morgan fingerprint density at radius 3 is 2.68 bits per heavy atom. The molecule has 0 saturated heterocycles. The third kappa shape index (κ3) is 2.69. The summed E-state index contributed by atoms with van der Waals surface area (Å²) in [6.45, 7) is 1.61. The number of aromatic nitrogens is 3. The molecule has 0 aliphatic rings. The van der Waals surface area contributed by atoms with E-state index < -0.39 is 20.7 Å². The Labute approximate surface area is 114 Å². The maximum atomic E-state index is 13.7. The van der Waals surface area contributed by atoms with Gasteiger partial charge < -0.3 is 0 Å². The Bertz CT molecular complexity index is 729. The van der Waals surface area contributed by atoms with Crippen molar-refractivity contribution in [3.8, 4) is 0 Å². The predicted molar refractivity (Wildman–Crippen MR) is 68.0 cm³/mol. The van der Waals surface area contributed by atoms with Crippen molar-refractivity contribution in [3.05, 3.63) is 34.9 Å². The zero-order chi connectivity index (χ0) is 14.2. The molecule has 0 unspecified atom stereocenters. The highest BCUT2D eigenvalue weighted by atomic mass is 35.5. The molecule has 1 aromatic heterocycles. The fraction of sp³-hybridized carbons (Fsp3) is 0.200. The molecule has 0 aliphatic carbocycles. The van der Waals surface area contributed by atoms with Crippen LogP contribution in [0.15, 0.2) is 23.1 Å². The molecule has 1 aromatic carbocycles. The van der Waals surface area contributed by atoms with Crippen molar-refractivity contribution in [1.29, 1.82) is 0 Å². The normalized spacial score (nSPS) is 11.6. The second kappa shape index (κ2) is 4.78. The summed E-state index contributed by atoms with van der Waals surface area (Å²) < 4.78 is 41.2. The number of rotatable bonds is 3. The third-order valence-electron chi connectivity index (χ3n) is 2.30. The minimum Gasteiger partial charge on any atom is -0.247 e. The van der Waals surface area contributed by atoms with Crippen LogP contribution in [0, 0.1) is 12.7 Å². The molecule has 0 aliphatic heterocycles. The van der Waals surface area contributed by atoms with E-state index in [1.54, 1.807) is 6.92 Å². The van der Waals surface area contributed by atoms with Crippen LogP contribution < -0.4 is 4.72 Å². The fourth-order valence-corrected chi connectivity index (χ4v) is 2.83. The van der Waals surface area contributed by atoms with Gasteiger partial charge in [0.1, 0.15) is 10.7 Å². The molecule has 2 aromatic rings. The van der Waals surface area contributed by atoms with Gasteiger partial charge in [-0.3, -0.25) is 0 Å². The van der Waals surface area contributed by atoms with Crippen LogP contribution in [-0.2, 0) is 17.1 Å². The minimum atomic E-state index is -4.11. The van der Waals surface area contributed by atoms with E-state index in [0.29, 0.717) is 5.82 Å². The fourth-order valence-electron chi connectivity index (χ4n) is 1.47. The Morgan fingerprint density at radius 1 is 1.42 bits per heavy atom. The van der Waals surface area contributed by atoms with E-state index in [1.165, 1.54) is 23.9 Å². The second-order valence-corrected chi connectivity index (χ2v) is 5.82. The summed E-state index contributed by atoms with van der Waals surface area (Å²) >= 11 is 5.56. The van der Waals surface area contributed by atoms with Crippen molar-refractivity contribution in [2.75, 3.05) is 4.72 Å². The summed E-state index contributed by atoms with van der Waals surface area (Å²) in [4.78, 5) is 3.34. The molecule has 0 radical (unpaired) electrons. The highest BCUT2D eigenvalue weighted by molar-refractivity contribution is 7.92. The van der Waals surface area contributed by atoms with E-state index in [0.717, 1.165) is 6.07 Å². The molecule has 0 fully saturated rings. The van der Waals surface area contributed by atoms with Crippen LogP contribution in [0.1, 0.15) is 5.82 Å². The molecule has 0 bridgehead atoms. The maximum Gasteiger partial charge on any atom is 0.267 e. The Kier molecular flexibility index (Phi) is 3.46. The van der Waals surface area contributed by atoms with Crippen LogP contribution in [0.25, 0.3) is 0 Å². The number of benzene rings is 1. The first-order valence-electron chi connectivity index (χ1n) is 5.16. The number of hydrogen-bond donors (Lipinski definition) is 1. The second-order valence-electron chi connectivity index (χ2n) is 3.76. The lowest BCUT2D eigenvalue weighted by molar-refractivity contribution is 0.570. The lowest BCUT2D eigenvalue weighted by Gasteiger charge is -2.08. The minimum absolute atomic E-state index is 0.00289. The molecule has 1 heterocycles. The first-order valence-corrected chi connectivity index (χ1v) is 7.02. The zero-order valence-corrected chi connectivity index (χ0v) is 11.6. The van der Waals surface area contributed by atoms with Gasteiger partial charge in [0.25, 0.3) is 10.0 Å². The molecule has 2 rings (SSSR count). The molecule has 1 N–H and O–H groups in total. The first-order chi connectivity index (χ1) is 8.81. The van der Waals surface area contributed by atoms with Crippen LogP contribution in [0.5, 0.6) is 0 Å². The number of hydrogen-bond acceptors (Lipinski definition) is 4. The van der Waals surface area contributed by atoms with Crippen molar-refractivity contribution in [1.82, 2.24) is 14.8 Å². The van der Waals surface area contributed by atoms with Crippen LogP contribution in [0.4, 0.5) is 10.3 Å². The number of sulfonamides is 1. The van der Waals surface area contributed by atoms with Gasteiger partial charge in [-0.25, -0.2) is 22.2 Å². The van der Waals surface area contributed by atoms with E-state index in [4.69, 9.17) is 11.6 Å². The molecule has 0 saturated carbocycles. The molecule has 6 nitrogen and oxygen atoms in total. The highest BCUT2D eigenvalue weighted by Gasteiger charge is 2.22. The van der Waals surface area contributed by atoms with Crippen LogP contribution >= 0.6 is 11.6 Å². The summed E-state index contributed by atoms with van der Waals surface area (Å²) in [5.41, 5.74) is 0. The number of nitrogens with zero attached hydrogens (tertiary/aromatic N) is 3. The monoisotopic (exact) mass is 304 g/mol. The molecule has 0 atom stereocenters. The summed E-state index contributed by atoms with van der Waals surface area (Å²) in [6.07, 6.45) is 0. The van der Waals surface area contributed by atoms with Gasteiger partial charge in [-0.2, -0.15) is 10.1 Å². The van der Waals surface area contributed by atoms with Crippen molar-refractivity contribution in [3.63, 3.8) is 0 Å². The highest BCUT2D eigenvalue weighted by Crippen LogP contribution is 2.23. The molecule has 102 valence electrons. The van der Waals surface area contributed by atoms with Crippen LogP contribution in [-0.4, -0.2) is 23.2 Å². The molecule has 0 amide bonds.